The highest BCUT2D eigenvalue weighted by Crippen LogP contribution is 2.31. The van der Waals surface area contributed by atoms with E-state index in [-0.39, 0.29) is 5.97 Å². The molecule has 0 radical (unpaired) electrons. The summed E-state index contributed by atoms with van der Waals surface area (Å²) >= 11 is 0. The minimum Gasteiger partial charge on any atom is -0.481 e. The van der Waals surface area contributed by atoms with E-state index in [0.717, 1.165) is 31.6 Å². The predicted octanol–water partition coefficient (Wildman–Crippen LogP) is 5.98. The van der Waals surface area contributed by atoms with Crippen LogP contribution in [0.4, 0.5) is 0 Å². The molecule has 0 aromatic carbocycles. The van der Waals surface area contributed by atoms with Gasteiger partial charge in [0, 0.05) is 0 Å². The van der Waals surface area contributed by atoms with Gasteiger partial charge in [-0.2, -0.15) is 0 Å². The topological polar surface area (TPSA) is 63.6 Å². The van der Waals surface area contributed by atoms with Crippen LogP contribution in [0.2, 0.25) is 0 Å². The lowest BCUT2D eigenvalue weighted by atomic mass is 9.79. The second kappa shape index (κ2) is 14.1. The number of carbonyl (C=O) groups excluding carboxylic acids is 1. The lowest BCUT2D eigenvalue weighted by Crippen LogP contribution is -2.33. The summed E-state index contributed by atoms with van der Waals surface area (Å²) in [5.41, 5.74) is 0. The van der Waals surface area contributed by atoms with Gasteiger partial charge in [0.05, 0.1) is 18.4 Å². The van der Waals surface area contributed by atoms with Crippen LogP contribution in [0.15, 0.2) is 0 Å². The summed E-state index contributed by atoms with van der Waals surface area (Å²) in [7, 11) is 0. The first kappa shape index (κ1) is 23.0. The second-order valence-corrected chi connectivity index (χ2v) is 7.98. The van der Waals surface area contributed by atoms with Crippen molar-refractivity contribution in [3.8, 4) is 0 Å². The maximum Gasteiger partial charge on any atom is 0.309 e. The van der Waals surface area contributed by atoms with E-state index in [1.165, 1.54) is 51.4 Å². The van der Waals surface area contributed by atoms with Crippen molar-refractivity contribution in [2.75, 3.05) is 6.61 Å². The SMILES string of the molecule is CCCCC(CC)CCCCCCCOC(=O)C1CCCCC1C(=O)O. The number of carboxylic acid groups (broad SMARTS) is 1. The number of unbranched alkanes of at least 4 members (excludes halogenated alkanes) is 5. The van der Waals surface area contributed by atoms with E-state index in [4.69, 9.17) is 4.74 Å². The summed E-state index contributed by atoms with van der Waals surface area (Å²) in [4.78, 5) is 23.4. The van der Waals surface area contributed by atoms with Crippen molar-refractivity contribution in [1.82, 2.24) is 0 Å². The highest BCUT2D eigenvalue weighted by atomic mass is 16.5. The molecule has 1 aliphatic carbocycles. The fraction of sp³-hybridized carbons (Fsp3) is 0.909. The van der Waals surface area contributed by atoms with E-state index >= 15 is 0 Å². The lowest BCUT2D eigenvalue weighted by molar-refractivity contribution is -0.159. The Morgan fingerprint density at radius 3 is 2.19 bits per heavy atom. The number of ether oxygens (including phenoxy) is 1. The Morgan fingerprint density at radius 2 is 1.54 bits per heavy atom. The largest absolute Gasteiger partial charge is 0.481 e. The summed E-state index contributed by atoms with van der Waals surface area (Å²) in [5, 5.41) is 9.25. The quantitative estimate of drug-likeness (QED) is 0.303. The lowest BCUT2D eigenvalue weighted by Gasteiger charge is -2.26. The van der Waals surface area contributed by atoms with Gasteiger partial charge in [-0.1, -0.05) is 84.5 Å². The van der Waals surface area contributed by atoms with Crippen LogP contribution in [0, 0.1) is 17.8 Å². The molecule has 0 aliphatic heterocycles. The first-order valence-electron chi connectivity index (χ1n) is 11.0. The van der Waals surface area contributed by atoms with Gasteiger partial charge < -0.3 is 9.84 Å². The fourth-order valence-electron chi connectivity index (χ4n) is 4.10. The summed E-state index contributed by atoms with van der Waals surface area (Å²) in [6, 6.07) is 0. The molecule has 3 atom stereocenters. The van der Waals surface area contributed by atoms with Gasteiger partial charge in [0.25, 0.3) is 0 Å². The van der Waals surface area contributed by atoms with Crippen molar-refractivity contribution >= 4 is 11.9 Å². The molecule has 0 aromatic rings. The molecule has 1 saturated carbocycles. The first-order chi connectivity index (χ1) is 12.6. The monoisotopic (exact) mass is 368 g/mol. The third-order valence-electron chi connectivity index (χ3n) is 5.93. The first-order valence-corrected chi connectivity index (χ1v) is 11.0. The van der Waals surface area contributed by atoms with E-state index in [0.29, 0.717) is 19.4 Å². The maximum absolute atomic E-state index is 12.2. The number of esters is 1. The van der Waals surface area contributed by atoms with Gasteiger partial charge in [0.15, 0.2) is 0 Å². The third kappa shape index (κ3) is 9.05. The number of aliphatic carboxylic acids is 1. The highest BCUT2D eigenvalue weighted by molar-refractivity contribution is 5.81. The Labute approximate surface area is 160 Å². The Morgan fingerprint density at radius 1 is 0.923 bits per heavy atom. The summed E-state index contributed by atoms with van der Waals surface area (Å²) < 4.78 is 5.37. The highest BCUT2D eigenvalue weighted by Gasteiger charge is 2.36. The zero-order valence-corrected chi connectivity index (χ0v) is 17.0. The summed E-state index contributed by atoms with van der Waals surface area (Å²) in [6.45, 7) is 5.00. The van der Waals surface area contributed by atoms with E-state index in [1.54, 1.807) is 0 Å². The van der Waals surface area contributed by atoms with Crippen molar-refractivity contribution in [3.63, 3.8) is 0 Å². The Kier molecular flexibility index (Phi) is 12.4. The van der Waals surface area contributed by atoms with Gasteiger partial charge in [-0.3, -0.25) is 9.59 Å². The van der Waals surface area contributed by atoms with Crippen molar-refractivity contribution < 1.29 is 19.4 Å². The molecule has 0 spiro atoms. The van der Waals surface area contributed by atoms with E-state index < -0.39 is 17.8 Å². The Hall–Kier alpha value is -1.06. The molecular formula is C22H40O4. The fourth-order valence-corrected chi connectivity index (χ4v) is 4.10. The summed E-state index contributed by atoms with van der Waals surface area (Å²) in [6.07, 6.45) is 15.5. The molecule has 4 heteroatoms. The van der Waals surface area contributed by atoms with Crippen LogP contribution < -0.4 is 0 Å². The molecule has 26 heavy (non-hydrogen) atoms. The average molecular weight is 369 g/mol. The third-order valence-corrected chi connectivity index (χ3v) is 5.93. The second-order valence-electron chi connectivity index (χ2n) is 7.98. The summed E-state index contributed by atoms with van der Waals surface area (Å²) in [5.74, 6) is -1.23. The van der Waals surface area contributed by atoms with Crippen molar-refractivity contribution in [3.05, 3.63) is 0 Å². The Bertz CT molecular complexity index is 394. The minimum atomic E-state index is -0.851. The number of carboxylic acids is 1. The van der Waals surface area contributed by atoms with E-state index in [1.807, 2.05) is 0 Å². The molecule has 0 aromatic heterocycles. The molecule has 1 aliphatic rings. The van der Waals surface area contributed by atoms with Gasteiger partial charge in [-0.25, -0.2) is 0 Å². The van der Waals surface area contributed by atoms with Crippen LogP contribution in [0.1, 0.15) is 104 Å². The zero-order chi connectivity index (χ0) is 19.2. The van der Waals surface area contributed by atoms with Crippen molar-refractivity contribution in [2.45, 2.75) is 104 Å². The van der Waals surface area contributed by atoms with Gasteiger partial charge in [0.2, 0.25) is 0 Å². The van der Waals surface area contributed by atoms with E-state index in [2.05, 4.69) is 13.8 Å². The van der Waals surface area contributed by atoms with Crippen LogP contribution in [-0.2, 0) is 14.3 Å². The molecule has 0 heterocycles. The predicted molar refractivity (Wildman–Crippen MR) is 105 cm³/mol. The molecule has 152 valence electrons. The number of hydrogen-bond donors (Lipinski definition) is 1. The van der Waals surface area contributed by atoms with Crippen LogP contribution in [0.25, 0.3) is 0 Å². The molecular weight excluding hydrogens is 328 g/mol. The molecule has 1 rings (SSSR count). The number of hydrogen-bond acceptors (Lipinski definition) is 3. The zero-order valence-electron chi connectivity index (χ0n) is 17.0. The van der Waals surface area contributed by atoms with Crippen molar-refractivity contribution in [1.29, 1.82) is 0 Å². The van der Waals surface area contributed by atoms with Gasteiger partial charge in [-0.05, 0) is 25.2 Å². The van der Waals surface area contributed by atoms with E-state index in [9.17, 15) is 14.7 Å². The van der Waals surface area contributed by atoms with Crippen LogP contribution >= 0.6 is 0 Å². The van der Waals surface area contributed by atoms with Gasteiger partial charge in [-0.15, -0.1) is 0 Å². The smallest absolute Gasteiger partial charge is 0.309 e. The van der Waals surface area contributed by atoms with Crippen LogP contribution in [0.3, 0.4) is 0 Å². The molecule has 0 bridgehead atoms. The molecule has 0 saturated heterocycles. The molecule has 4 nitrogen and oxygen atoms in total. The molecule has 1 N–H and O–H groups in total. The average Bonchev–Trinajstić information content (AvgIpc) is 2.65. The standard InChI is InChI=1S/C22H40O4/c1-3-5-13-18(4-2)14-9-7-6-8-12-17-26-22(25)20-16-11-10-15-19(20)21(23)24/h18-20H,3-17H2,1-2H3,(H,23,24). The minimum absolute atomic E-state index is 0.293. The van der Waals surface area contributed by atoms with Crippen molar-refractivity contribution in [2.24, 2.45) is 17.8 Å². The molecule has 3 unspecified atom stereocenters. The Balaban J connectivity index is 2.06. The number of carbonyl (C=O) groups is 2. The van der Waals surface area contributed by atoms with Crippen LogP contribution in [0.5, 0.6) is 0 Å². The van der Waals surface area contributed by atoms with Gasteiger partial charge in [0.1, 0.15) is 0 Å². The normalized spacial score (nSPS) is 21.3. The van der Waals surface area contributed by atoms with Crippen LogP contribution in [-0.4, -0.2) is 23.7 Å². The number of rotatable bonds is 14. The molecule has 0 amide bonds. The maximum atomic E-state index is 12.2. The van der Waals surface area contributed by atoms with Gasteiger partial charge >= 0.3 is 11.9 Å². The molecule has 1 fully saturated rings.